The van der Waals surface area contributed by atoms with Crippen molar-refractivity contribution >= 4 is 11.5 Å². The molecule has 1 saturated carbocycles. The summed E-state index contributed by atoms with van der Waals surface area (Å²) in [6.07, 6.45) is 4.61. The van der Waals surface area contributed by atoms with Crippen molar-refractivity contribution < 1.29 is 4.52 Å². The quantitative estimate of drug-likeness (QED) is 0.685. The molecular formula is C19H25N7O. The Balaban J connectivity index is 1.25. The Hall–Kier alpha value is -2.48. The summed E-state index contributed by atoms with van der Waals surface area (Å²) >= 11 is 0. The smallest absolute Gasteiger partial charge is 0.178 e. The number of nitrogens with zero attached hydrogens (tertiary/aromatic N) is 7. The van der Waals surface area contributed by atoms with Gasteiger partial charge < -0.3 is 9.42 Å². The molecule has 0 aromatic carbocycles. The Labute approximate surface area is 158 Å². The maximum Gasteiger partial charge on any atom is 0.178 e. The normalized spacial score (nSPS) is 19.0. The first-order chi connectivity index (χ1) is 13.2. The van der Waals surface area contributed by atoms with Crippen molar-refractivity contribution in [2.45, 2.75) is 44.1 Å². The fraction of sp³-hybridized carbons (Fsp3) is 0.579. The third-order valence-electron chi connectivity index (χ3n) is 5.63. The van der Waals surface area contributed by atoms with Crippen molar-refractivity contribution in [2.75, 3.05) is 32.1 Å². The van der Waals surface area contributed by atoms with Gasteiger partial charge in [-0.2, -0.15) is 4.52 Å². The second kappa shape index (κ2) is 6.60. The van der Waals surface area contributed by atoms with Crippen LogP contribution in [0.15, 0.2) is 22.7 Å². The number of aromatic nitrogens is 5. The van der Waals surface area contributed by atoms with E-state index in [-0.39, 0.29) is 0 Å². The standard InChI is InChI=1S/C19H25N7O/c1-24(2)18-6-5-17-20-21-19(26(17)22-18)14-7-9-25(10-8-14)12-15-11-16(27-23-15)13-3-4-13/h5-6,11,13-14H,3-4,7-10,12H2,1-2H3. The summed E-state index contributed by atoms with van der Waals surface area (Å²) in [6, 6.07) is 6.10. The van der Waals surface area contributed by atoms with E-state index in [2.05, 4.69) is 26.3 Å². The molecule has 142 valence electrons. The molecule has 1 aliphatic carbocycles. The fourth-order valence-electron chi connectivity index (χ4n) is 3.83. The number of anilines is 1. The minimum Gasteiger partial charge on any atom is -0.361 e. The summed E-state index contributed by atoms with van der Waals surface area (Å²) in [5.74, 6) is 3.97. The Morgan fingerprint density at radius 3 is 2.63 bits per heavy atom. The molecule has 2 fully saturated rings. The molecule has 5 rings (SSSR count). The van der Waals surface area contributed by atoms with E-state index in [1.807, 2.05) is 35.6 Å². The Morgan fingerprint density at radius 2 is 1.89 bits per heavy atom. The van der Waals surface area contributed by atoms with Gasteiger partial charge in [0, 0.05) is 38.5 Å². The van der Waals surface area contributed by atoms with Crippen LogP contribution < -0.4 is 4.90 Å². The number of hydrogen-bond donors (Lipinski definition) is 0. The molecule has 0 unspecified atom stereocenters. The average Bonchev–Trinajstić information content (AvgIpc) is 3.28. The summed E-state index contributed by atoms with van der Waals surface area (Å²) < 4.78 is 7.39. The lowest BCUT2D eigenvalue weighted by molar-refractivity contribution is 0.196. The minimum absolute atomic E-state index is 0.389. The molecule has 0 atom stereocenters. The topological polar surface area (TPSA) is 75.6 Å². The molecule has 4 heterocycles. The third-order valence-corrected chi connectivity index (χ3v) is 5.63. The Kier molecular flexibility index (Phi) is 4.07. The average molecular weight is 367 g/mol. The van der Waals surface area contributed by atoms with Crippen molar-refractivity contribution in [1.29, 1.82) is 0 Å². The highest BCUT2D eigenvalue weighted by atomic mass is 16.5. The van der Waals surface area contributed by atoms with Crippen LogP contribution in [0, 0.1) is 0 Å². The van der Waals surface area contributed by atoms with Crippen molar-refractivity contribution in [2.24, 2.45) is 0 Å². The molecule has 8 heteroatoms. The van der Waals surface area contributed by atoms with Crippen LogP contribution in [-0.4, -0.2) is 57.1 Å². The molecule has 3 aromatic heterocycles. The van der Waals surface area contributed by atoms with E-state index in [1.54, 1.807) is 0 Å². The van der Waals surface area contributed by atoms with E-state index in [0.29, 0.717) is 11.8 Å². The number of hydrogen-bond acceptors (Lipinski definition) is 7. The lowest BCUT2D eigenvalue weighted by Gasteiger charge is -2.30. The van der Waals surface area contributed by atoms with Gasteiger partial charge in [0.05, 0.1) is 5.69 Å². The molecule has 0 amide bonds. The van der Waals surface area contributed by atoms with Crippen LogP contribution in [-0.2, 0) is 6.54 Å². The van der Waals surface area contributed by atoms with Gasteiger partial charge in [0.1, 0.15) is 11.6 Å². The second-order valence-corrected chi connectivity index (χ2v) is 7.96. The molecule has 2 aliphatic rings. The molecule has 1 saturated heterocycles. The van der Waals surface area contributed by atoms with Gasteiger partial charge in [0.2, 0.25) is 0 Å². The molecule has 0 radical (unpaired) electrons. The first-order valence-electron chi connectivity index (χ1n) is 9.75. The van der Waals surface area contributed by atoms with Crippen molar-refractivity contribution in [3.05, 3.63) is 35.5 Å². The molecule has 0 bridgehead atoms. The van der Waals surface area contributed by atoms with Crippen LogP contribution in [0.5, 0.6) is 0 Å². The largest absolute Gasteiger partial charge is 0.361 e. The summed E-state index contributed by atoms with van der Waals surface area (Å²) in [4.78, 5) is 4.45. The molecule has 3 aromatic rings. The molecule has 27 heavy (non-hydrogen) atoms. The van der Waals surface area contributed by atoms with Gasteiger partial charge >= 0.3 is 0 Å². The van der Waals surface area contributed by atoms with E-state index in [9.17, 15) is 0 Å². The second-order valence-electron chi connectivity index (χ2n) is 7.96. The van der Waals surface area contributed by atoms with Crippen molar-refractivity contribution in [3.63, 3.8) is 0 Å². The molecular weight excluding hydrogens is 342 g/mol. The number of fused-ring (bicyclic) bond motifs is 1. The van der Waals surface area contributed by atoms with E-state index < -0.39 is 0 Å². The number of piperidine rings is 1. The summed E-state index contributed by atoms with van der Waals surface area (Å²) in [7, 11) is 3.99. The van der Waals surface area contributed by atoms with Crippen molar-refractivity contribution in [1.82, 2.24) is 29.9 Å². The zero-order chi connectivity index (χ0) is 18.4. The number of rotatable bonds is 5. The van der Waals surface area contributed by atoms with Gasteiger partial charge in [-0.25, -0.2) is 0 Å². The van der Waals surface area contributed by atoms with Crippen LogP contribution in [0.25, 0.3) is 5.65 Å². The predicted octanol–water partition coefficient (Wildman–Crippen LogP) is 2.44. The van der Waals surface area contributed by atoms with Crippen LogP contribution in [0.3, 0.4) is 0 Å². The van der Waals surface area contributed by atoms with Crippen LogP contribution in [0.4, 0.5) is 5.82 Å². The Morgan fingerprint density at radius 1 is 1.07 bits per heavy atom. The molecule has 0 spiro atoms. The summed E-state index contributed by atoms with van der Waals surface area (Å²) in [5.41, 5.74) is 1.87. The lowest BCUT2D eigenvalue weighted by atomic mass is 9.96. The Bertz CT molecular complexity index is 935. The van der Waals surface area contributed by atoms with Crippen LogP contribution in [0.1, 0.15) is 54.8 Å². The highest BCUT2D eigenvalue weighted by molar-refractivity contribution is 5.45. The molecule has 8 nitrogen and oxygen atoms in total. The summed E-state index contributed by atoms with van der Waals surface area (Å²) in [6.45, 7) is 2.92. The van der Waals surface area contributed by atoms with Gasteiger partial charge in [-0.15, -0.1) is 15.3 Å². The van der Waals surface area contributed by atoms with E-state index in [4.69, 9.17) is 9.62 Å². The van der Waals surface area contributed by atoms with Gasteiger partial charge in [0.25, 0.3) is 0 Å². The van der Waals surface area contributed by atoms with Crippen LogP contribution in [0.2, 0.25) is 0 Å². The maximum absolute atomic E-state index is 5.48. The monoisotopic (exact) mass is 367 g/mol. The number of likely N-dealkylation sites (tertiary alicyclic amines) is 1. The zero-order valence-corrected chi connectivity index (χ0v) is 15.9. The first-order valence-corrected chi connectivity index (χ1v) is 9.75. The van der Waals surface area contributed by atoms with Gasteiger partial charge in [-0.05, 0) is 50.9 Å². The first kappa shape index (κ1) is 16.7. The van der Waals surface area contributed by atoms with Crippen molar-refractivity contribution in [3.8, 4) is 0 Å². The van der Waals surface area contributed by atoms with E-state index in [0.717, 1.165) is 61.2 Å². The van der Waals surface area contributed by atoms with Gasteiger partial charge in [-0.3, -0.25) is 4.90 Å². The van der Waals surface area contributed by atoms with Gasteiger partial charge in [0.15, 0.2) is 11.5 Å². The van der Waals surface area contributed by atoms with Crippen LogP contribution >= 0.6 is 0 Å². The molecule has 0 N–H and O–H groups in total. The highest BCUT2D eigenvalue weighted by Gasteiger charge is 2.29. The van der Waals surface area contributed by atoms with Gasteiger partial charge in [-0.1, -0.05) is 5.16 Å². The fourth-order valence-corrected chi connectivity index (χ4v) is 3.83. The lowest BCUT2D eigenvalue weighted by Crippen LogP contribution is -2.33. The molecule has 1 aliphatic heterocycles. The SMILES string of the molecule is CN(C)c1ccc2nnc(C3CCN(Cc4cc(C5CC5)on4)CC3)n2n1. The predicted molar refractivity (Wildman–Crippen MR) is 101 cm³/mol. The van der Waals surface area contributed by atoms with E-state index >= 15 is 0 Å². The maximum atomic E-state index is 5.48. The van der Waals surface area contributed by atoms with E-state index in [1.165, 1.54) is 12.8 Å². The zero-order valence-electron chi connectivity index (χ0n) is 15.9. The highest BCUT2D eigenvalue weighted by Crippen LogP contribution is 2.40. The third kappa shape index (κ3) is 3.29. The summed E-state index contributed by atoms with van der Waals surface area (Å²) in [5, 5.41) is 17.7. The minimum atomic E-state index is 0.389.